The van der Waals surface area contributed by atoms with E-state index in [0.717, 1.165) is 5.76 Å². The van der Waals surface area contributed by atoms with Gasteiger partial charge in [-0.2, -0.15) is 0 Å². The molecule has 2 rings (SSSR count). The summed E-state index contributed by atoms with van der Waals surface area (Å²) in [7, 11) is 0. The van der Waals surface area contributed by atoms with Gasteiger partial charge in [0.1, 0.15) is 11.6 Å². The van der Waals surface area contributed by atoms with E-state index in [1.54, 1.807) is 6.07 Å². The van der Waals surface area contributed by atoms with Gasteiger partial charge in [0.05, 0.1) is 12.4 Å². The van der Waals surface area contributed by atoms with Gasteiger partial charge in [0.15, 0.2) is 0 Å². The molecule has 4 heteroatoms. The van der Waals surface area contributed by atoms with E-state index in [4.69, 9.17) is 16.0 Å². The van der Waals surface area contributed by atoms with E-state index >= 15 is 0 Å². The average molecular weight is 269 g/mol. The Kier molecular flexibility index (Phi) is 4.04. The number of aliphatic hydroxyl groups excluding tert-OH is 1. The van der Waals surface area contributed by atoms with E-state index < -0.39 is 6.10 Å². The Morgan fingerprint density at radius 1 is 1.39 bits per heavy atom. The summed E-state index contributed by atoms with van der Waals surface area (Å²) in [6.07, 6.45) is 1.62. The summed E-state index contributed by atoms with van der Waals surface area (Å²) >= 11 is 5.82. The molecule has 1 unspecified atom stereocenters. The minimum atomic E-state index is -0.785. The Hall–Kier alpha value is -1.32. The van der Waals surface area contributed by atoms with Gasteiger partial charge in [-0.15, -0.1) is 0 Å². The van der Waals surface area contributed by atoms with Crippen LogP contribution in [0, 0.1) is 5.82 Å². The van der Waals surface area contributed by atoms with Crippen LogP contribution in [-0.4, -0.2) is 5.11 Å². The van der Waals surface area contributed by atoms with Gasteiger partial charge in [-0.3, -0.25) is 0 Å². The average Bonchev–Trinajstić information content (AvgIpc) is 2.82. The molecule has 2 nitrogen and oxygen atoms in total. The summed E-state index contributed by atoms with van der Waals surface area (Å²) in [5, 5.41) is 10.6. The lowest BCUT2D eigenvalue weighted by Crippen LogP contribution is -2.04. The van der Waals surface area contributed by atoms with Gasteiger partial charge in [-0.05, 0) is 29.8 Å². The minimum Gasteiger partial charge on any atom is -0.469 e. The van der Waals surface area contributed by atoms with Crippen molar-refractivity contribution in [3.8, 4) is 0 Å². The van der Waals surface area contributed by atoms with Gasteiger partial charge in [-0.25, -0.2) is 4.39 Å². The van der Waals surface area contributed by atoms with Crippen LogP contribution in [0.4, 0.5) is 4.39 Å². The molecule has 18 heavy (non-hydrogen) atoms. The predicted molar refractivity (Wildman–Crippen MR) is 68.2 cm³/mol. The number of benzene rings is 1. The fraction of sp³-hybridized carbons (Fsp3) is 0.286. The fourth-order valence-corrected chi connectivity index (χ4v) is 2.15. The summed E-state index contributed by atoms with van der Waals surface area (Å²) < 4.78 is 18.8. The van der Waals surface area contributed by atoms with E-state index in [1.165, 1.54) is 24.5 Å². The third-order valence-electron chi connectivity index (χ3n) is 2.88. The van der Waals surface area contributed by atoms with Crippen LogP contribution >= 0.6 is 11.6 Å². The predicted octanol–water partition coefficient (Wildman–Crippen LogP) is 3.91. The van der Waals surface area contributed by atoms with Crippen LogP contribution < -0.4 is 0 Å². The molecule has 0 aliphatic carbocycles. The van der Waals surface area contributed by atoms with E-state index in [-0.39, 0.29) is 12.2 Å². The molecule has 0 radical (unpaired) electrons. The van der Waals surface area contributed by atoms with Gasteiger partial charge in [0.2, 0.25) is 0 Å². The van der Waals surface area contributed by atoms with Crippen LogP contribution in [0.1, 0.15) is 29.9 Å². The first kappa shape index (κ1) is 13.1. The summed E-state index contributed by atoms with van der Waals surface area (Å²) in [5.41, 5.74) is 1.11. The molecule has 1 N–H and O–H groups in total. The lowest BCUT2D eigenvalue weighted by atomic mass is 10.0. The topological polar surface area (TPSA) is 33.4 Å². The normalized spacial score (nSPS) is 12.7. The molecule has 0 aliphatic rings. The van der Waals surface area contributed by atoms with Crippen molar-refractivity contribution in [2.45, 2.75) is 25.9 Å². The number of aryl methyl sites for hydroxylation is 1. The molecule has 0 aliphatic heterocycles. The molecule has 1 atom stereocenters. The van der Waals surface area contributed by atoms with Gasteiger partial charge in [-0.1, -0.05) is 18.5 Å². The third kappa shape index (κ3) is 2.74. The van der Waals surface area contributed by atoms with E-state index in [1.807, 2.05) is 6.92 Å². The first-order valence-corrected chi connectivity index (χ1v) is 6.18. The fourth-order valence-electron chi connectivity index (χ4n) is 1.95. The van der Waals surface area contributed by atoms with Crippen LogP contribution in [0.25, 0.3) is 0 Å². The first-order valence-electron chi connectivity index (χ1n) is 5.80. The van der Waals surface area contributed by atoms with Crippen molar-refractivity contribution in [2.75, 3.05) is 0 Å². The zero-order chi connectivity index (χ0) is 13.1. The molecular formula is C14H14ClFO2. The molecule has 0 bridgehead atoms. The maximum Gasteiger partial charge on any atom is 0.126 e. The Balaban J connectivity index is 2.21. The van der Waals surface area contributed by atoms with Crippen LogP contribution in [0.2, 0.25) is 5.02 Å². The van der Waals surface area contributed by atoms with Crippen molar-refractivity contribution in [3.63, 3.8) is 0 Å². The van der Waals surface area contributed by atoms with E-state index in [2.05, 4.69) is 0 Å². The summed E-state index contributed by atoms with van der Waals surface area (Å²) in [6.45, 7) is 1.94. The molecular weight excluding hydrogens is 255 g/mol. The highest BCUT2D eigenvalue weighted by Gasteiger charge is 2.16. The van der Waals surface area contributed by atoms with Gasteiger partial charge < -0.3 is 9.52 Å². The SMILES string of the molecule is CCc1occc1C(O)Cc1cc(Cl)ccc1F. The van der Waals surface area contributed by atoms with Crippen molar-refractivity contribution >= 4 is 11.6 Å². The van der Waals surface area contributed by atoms with Crippen molar-refractivity contribution in [1.29, 1.82) is 0 Å². The maximum atomic E-state index is 13.6. The molecule has 1 aromatic heterocycles. The summed E-state index contributed by atoms with van der Waals surface area (Å²) in [6, 6.07) is 6.04. The Morgan fingerprint density at radius 2 is 2.17 bits per heavy atom. The molecule has 0 amide bonds. The first-order chi connectivity index (χ1) is 8.61. The number of hydrogen-bond donors (Lipinski definition) is 1. The highest BCUT2D eigenvalue weighted by Crippen LogP contribution is 2.25. The summed E-state index contributed by atoms with van der Waals surface area (Å²) in [4.78, 5) is 0. The highest BCUT2D eigenvalue weighted by molar-refractivity contribution is 6.30. The highest BCUT2D eigenvalue weighted by atomic mass is 35.5. The van der Waals surface area contributed by atoms with E-state index in [0.29, 0.717) is 22.6 Å². The zero-order valence-electron chi connectivity index (χ0n) is 9.99. The molecule has 1 aromatic carbocycles. The quantitative estimate of drug-likeness (QED) is 0.912. The summed E-state index contributed by atoms with van der Waals surface area (Å²) in [5.74, 6) is 0.366. The minimum absolute atomic E-state index is 0.179. The van der Waals surface area contributed by atoms with Gasteiger partial charge in [0.25, 0.3) is 0 Å². The standard InChI is InChI=1S/C14H14ClFO2/c1-2-14-11(5-6-18-14)13(17)8-9-7-10(15)3-4-12(9)16/h3-7,13,17H,2,8H2,1H3. The molecule has 0 spiro atoms. The van der Waals surface area contributed by atoms with Crippen LogP contribution in [0.15, 0.2) is 34.9 Å². The Morgan fingerprint density at radius 3 is 2.89 bits per heavy atom. The number of rotatable bonds is 4. The van der Waals surface area contributed by atoms with Crippen LogP contribution in [0.3, 0.4) is 0 Å². The Bertz CT molecular complexity index is 536. The second-order valence-electron chi connectivity index (χ2n) is 4.11. The van der Waals surface area contributed by atoms with E-state index in [9.17, 15) is 9.50 Å². The number of furan rings is 1. The van der Waals surface area contributed by atoms with Crippen molar-refractivity contribution in [3.05, 3.63) is 58.3 Å². The molecule has 96 valence electrons. The van der Waals surface area contributed by atoms with Crippen LogP contribution in [-0.2, 0) is 12.8 Å². The van der Waals surface area contributed by atoms with Crippen molar-refractivity contribution < 1.29 is 13.9 Å². The number of hydrogen-bond acceptors (Lipinski definition) is 2. The van der Waals surface area contributed by atoms with Gasteiger partial charge in [0, 0.05) is 23.4 Å². The van der Waals surface area contributed by atoms with Crippen molar-refractivity contribution in [2.24, 2.45) is 0 Å². The monoisotopic (exact) mass is 268 g/mol. The van der Waals surface area contributed by atoms with Crippen molar-refractivity contribution in [1.82, 2.24) is 0 Å². The Labute approximate surface area is 110 Å². The second kappa shape index (κ2) is 5.55. The zero-order valence-corrected chi connectivity index (χ0v) is 10.7. The van der Waals surface area contributed by atoms with Crippen LogP contribution in [0.5, 0.6) is 0 Å². The maximum absolute atomic E-state index is 13.6. The molecule has 0 fully saturated rings. The molecule has 0 saturated heterocycles. The smallest absolute Gasteiger partial charge is 0.126 e. The lowest BCUT2D eigenvalue weighted by Gasteiger charge is -2.11. The molecule has 1 heterocycles. The largest absolute Gasteiger partial charge is 0.469 e. The molecule has 0 saturated carbocycles. The molecule has 2 aromatic rings. The second-order valence-corrected chi connectivity index (χ2v) is 4.54. The number of aliphatic hydroxyl groups is 1. The third-order valence-corrected chi connectivity index (χ3v) is 3.12. The number of halogens is 2. The lowest BCUT2D eigenvalue weighted by molar-refractivity contribution is 0.174. The van der Waals surface area contributed by atoms with Gasteiger partial charge >= 0.3 is 0 Å².